The van der Waals surface area contributed by atoms with Crippen LogP contribution >= 0.6 is 0 Å². The third kappa shape index (κ3) is 10.7. The van der Waals surface area contributed by atoms with Crippen molar-refractivity contribution in [2.75, 3.05) is 80.8 Å². The molecule has 298 valence electrons. The van der Waals surface area contributed by atoms with E-state index in [1.807, 2.05) is 33.3 Å². The Morgan fingerprint density at radius 3 is 1.76 bits per heavy atom. The molecule has 2 aliphatic carbocycles. The molecule has 0 bridgehead atoms. The molecule has 4 rings (SSSR count). The van der Waals surface area contributed by atoms with Crippen molar-refractivity contribution in [1.29, 1.82) is 0 Å². The number of aliphatic hydroxyl groups is 2. The lowest BCUT2D eigenvalue weighted by atomic mass is 9.77. The maximum atomic E-state index is 13.7. The van der Waals surface area contributed by atoms with Crippen molar-refractivity contribution >= 4 is 23.9 Å². The molecule has 12 nitrogen and oxygen atoms in total. The molecule has 0 heterocycles. The van der Waals surface area contributed by atoms with E-state index in [9.17, 15) is 29.4 Å². The number of quaternary nitrogens is 2. The van der Waals surface area contributed by atoms with Crippen molar-refractivity contribution in [3.8, 4) is 0 Å². The molecule has 0 spiro atoms. The molecule has 0 aliphatic heterocycles. The number of carbonyl (C=O) groups excluding carboxylic acids is 4. The van der Waals surface area contributed by atoms with Crippen LogP contribution < -0.4 is 0 Å². The smallest absolute Gasteiger partial charge is 0.344 e. The van der Waals surface area contributed by atoms with Gasteiger partial charge < -0.3 is 38.1 Å². The molecule has 0 radical (unpaired) electrons. The van der Waals surface area contributed by atoms with Gasteiger partial charge in [-0.25, -0.2) is 19.2 Å². The summed E-state index contributed by atoms with van der Waals surface area (Å²) < 4.78 is 22.8. The summed E-state index contributed by atoms with van der Waals surface area (Å²) in [5, 5.41) is 24.4. The molecule has 0 aromatic heterocycles. The molecule has 4 unspecified atom stereocenters. The van der Waals surface area contributed by atoms with Gasteiger partial charge in [-0.1, -0.05) is 67.4 Å². The third-order valence-corrected chi connectivity index (χ3v) is 11.7. The van der Waals surface area contributed by atoms with Gasteiger partial charge in [-0.15, -0.1) is 0 Å². The number of benzene rings is 2. The van der Waals surface area contributed by atoms with Crippen molar-refractivity contribution in [2.24, 2.45) is 11.8 Å². The average Bonchev–Trinajstić information content (AvgIpc) is 3.90. The number of hydrogen-bond acceptors (Lipinski definition) is 10. The van der Waals surface area contributed by atoms with Crippen LogP contribution in [0.15, 0.2) is 54.6 Å². The third-order valence-electron chi connectivity index (χ3n) is 11.7. The molecule has 0 amide bonds. The van der Waals surface area contributed by atoms with E-state index in [0.717, 1.165) is 36.0 Å². The second-order valence-corrected chi connectivity index (χ2v) is 16.3. The summed E-state index contributed by atoms with van der Waals surface area (Å²) in [5.74, 6) is -4.21. The van der Waals surface area contributed by atoms with Gasteiger partial charge in [0.25, 0.3) is 0 Å². The van der Waals surface area contributed by atoms with Crippen LogP contribution in [0.1, 0.15) is 81.4 Å². The summed E-state index contributed by atoms with van der Waals surface area (Å²) in [7, 11) is 8.01. The Labute approximate surface area is 320 Å². The van der Waals surface area contributed by atoms with Crippen LogP contribution in [-0.2, 0) is 49.3 Å². The van der Waals surface area contributed by atoms with Gasteiger partial charge >= 0.3 is 23.9 Å². The lowest BCUT2D eigenvalue weighted by Gasteiger charge is -2.33. The topological polar surface area (TPSA) is 146 Å². The Morgan fingerprint density at radius 2 is 1.20 bits per heavy atom. The van der Waals surface area contributed by atoms with Gasteiger partial charge in [0.1, 0.15) is 26.3 Å². The first-order valence-electron chi connectivity index (χ1n) is 19.5. The quantitative estimate of drug-likeness (QED) is 0.122. The molecule has 54 heavy (non-hydrogen) atoms. The van der Waals surface area contributed by atoms with Crippen LogP contribution in [0.4, 0.5) is 0 Å². The molecular weight excluding hydrogens is 692 g/mol. The number of carbonyl (C=O) groups is 4. The van der Waals surface area contributed by atoms with E-state index >= 15 is 0 Å². The summed E-state index contributed by atoms with van der Waals surface area (Å²) >= 11 is 0. The fourth-order valence-corrected chi connectivity index (χ4v) is 7.68. The highest BCUT2D eigenvalue weighted by molar-refractivity contribution is 5.85. The minimum Gasteiger partial charge on any atom is -0.457 e. The van der Waals surface area contributed by atoms with Crippen LogP contribution in [0.3, 0.4) is 0 Å². The maximum Gasteiger partial charge on any atom is 0.344 e. The lowest BCUT2D eigenvalue weighted by molar-refractivity contribution is -0.906. The number of esters is 4. The maximum absolute atomic E-state index is 13.7. The van der Waals surface area contributed by atoms with Gasteiger partial charge in [0.05, 0.1) is 41.3 Å². The molecule has 0 saturated heterocycles. The first-order valence-corrected chi connectivity index (χ1v) is 19.5. The molecule has 2 aromatic carbocycles. The van der Waals surface area contributed by atoms with E-state index in [2.05, 4.69) is 20.9 Å². The van der Waals surface area contributed by atoms with Crippen LogP contribution in [0.2, 0.25) is 0 Å². The molecule has 2 fully saturated rings. The van der Waals surface area contributed by atoms with E-state index in [-0.39, 0.29) is 19.1 Å². The Bertz CT molecular complexity index is 1570. The minimum atomic E-state index is -2.03. The summed E-state index contributed by atoms with van der Waals surface area (Å²) in [4.78, 5) is 52.4. The second-order valence-electron chi connectivity index (χ2n) is 16.3. The van der Waals surface area contributed by atoms with E-state index in [1.54, 1.807) is 42.5 Å². The molecular formula is C42H62N2O10+2. The number of nitrogens with zero attached hydrogens (tertiary/aromatic N) is 2. The normalized spacial score (nSPS) is 20.1. The summed E-state index contributed by atoms with van der Waals surface area (Å²) in [6.07, 6.45) is 4.49. The van der Waals surface area contributed by atoms with Crippen molar-refractivity contribution in [2.45, 2.75) is 75.9 Å². The summed E-state index contributed by atoms with van der Waals surface area (Å²) in [6, 6.07) is 15.8. The fraction of sp³-hybridized carbons (Fsp3) is 0.619. The number of ether oxygens (including phenoxy) is 4. The van der Waals surface area contributed by atoms with E-state index in [4.69, 9.17) is 18.9 Å². The van der Waals surface area contributed by atoms with Gasteiger partial charge in [0.15, 0.2) is 24.4 Å². The second kappa shape index (κ2) is 18.7. The zero-order valence-corrected chi connectivity index (χ0v) is 33.1. The largest absolute Gasteiger partial charge is 0.457 e. The highest BCUT2D eigenvalue weighted by Gasteiger charge is 2.51. The van der Waals surface area contributed by atoms with Crippen molar-refractivity contribution in [1.82, 2.24) is 0 Å². The Morgan fingerprint density at radius 1 is 0.667 bits per heavy atom. The van der Waals surface area contributed by atoms with E-state index < -0.39 is 60.1 Å². The predicted octanol–water partition coefficient (Wildman–Crippen LogP) is 4.20. The molecule has 4 atom stereocenters. The lowest BCUT2D eigenvalue weighted by Crippen LogP contribution is -2.46. The van der Waals surface area contributed by atoms with Crippen LogP contribution in [-0.4, -0.2) is 124 Å². The minimum absolute atomic E-state index is 0.118. The first kappa shape index (κ1) is 42.9. The van der Waals surface area contributed by atoms with E-state index in [0.29, 0.717) is 60.8 Å². The SMILES string of the molecule is CC[N+](C)(CC)CCOC(=O)COC(=O)C(O)(c1ccccc1)C1CCC(c2cccc(C(O)(C(=O)OCC(=O)OCC[N+](C)(C)C)C3CCCC3)c2)C1. The zero-order chi connectivity index (χ0) is 39.6. The van der Waals surface area contributed by atoms with Crippen LogP contribution in [0, 0.1) is 11.8 Å². The highest BCUT2D eigenvalue weighted by atomic mass is 16.6. The Kier molecular flexibility index (Phi) is 14.8. The van der Waals surface area contributed by atoms with Crippen LogP contribution in [0.25, 0.3) is 0 Å². The highest BCUT2D eigenvalue weighted by Crippen LogP contribution is 2.49. The summed E-state index contributed by atoms with van der Waals surface area (Å²) in [5.41, 5.74) is -2.40. The van der Waals surface area contributed by atoms with Gasteiger partial charge in [-0.05, 0) is 68.6 Å². The predicted molar refractivity (Wildman–Crippen MR) is 202 cm³/mol. The van der Waals surface area contributed by atoms with Gasteiger partial charge in [0, 0.05) is 11.8 Å². The molecule has 2 saturated carbocycles. The standard InChI is InChI=1S/C42H62N2O10/c1-7-44(6,8-2)24-26-52-38(46)30-54-40(48)42(50,33-16-10-9-11-17-33)36-22-21-32(28-36)31-15-14-20-35(27-31)41(49,34-18-12-13-19-34)39(47)53-29-37(45)51-25-23-43(3,4)5/h9-11,14-17,20,27,32,34,36,49-50H,7-8,12-13,18-19,21-26,28-30H2,1-6H3/q+2. The van der Waals surface area contributed by atoms with Crippen molar-refractivity contribution < 1.29 is 57.3 Å². The molecule has 2 aromatic rings. The Hall–Kier alpha value is -3.84. The molecule has 2 aliphatic rings. The fourth-order valence-electron chi connectivity index (χ4n) is 7.68. The number of rotatable bonds is 19. The van der Waals surface area contributed by atoms with Gasteiger partial charge in [-0.2, -0.15) is 0 Å². The Balaban J connectivity index is 1.48. The van der Waals surface area contributed by atoms with Crippen LogP contribution in [0.5, 0.6) is 0 Å². The molecule has 12 heteroatoms. The monoisotopic (exact) mass is 754 g/mol. The van der Waals surface area contributed by atoms with Gasteiger partial charge in [-0.3, -0.25) is 0 Å². The average molecular weight is 755 g/mol. The number of hydrogen-bond donors (Lipinski definition) is 2. The summed E-state index contributed by atoms with van der Waals surface area (Å²) in [6.45, 7) is 6.32. The van der Waals surface area contributed by atoms with Gasteiger partial charge in [0.2, 0.25) is 0 Å². The zero-order valence-electron chi connectivity index (χ0n) is 33.1. The van der Waals surface area contributed by atoms with Crippen molar-refractivity contribution in [3.63, 3.8) is 0 Å². The number of likely N-dealkylation sites (N-methyl/N-ethyl adjacent to an activating group) is 2. The van der Waals surface area contributed by atoms with E-state index in [1.165, 1.54) is 0 Å². The van der Waals surface area contributed by atoms with Crippen molar-refractivity contribution in [3.05, 3.63) is 71.3 Å². The molecule has 2 N–H and O–H groups in total. The first-order chi connectivity index (χ1) is 25.6.